The zero-order chi connectivity index (χ0) is 11.7. The molecule has 0 saturated heterocycles. The number of nitrogens with zero attached hydrogens (tertiary/aromatic N) is 3. The quantitative estimate of drug-likeness (QED) is 0.583. The Hall–Kier alpha value is -1.98. The van der Waals surface area contributed by atoms with Crippen molar-refractivity contribution in [3.8, 4) is 0 Å². The van der Waals surface area contributed by atoms with Gasteiger partial charge in [0.15, 0.2) is 5.71 Å². The monoisotopic (exact) mass is 241 g/mol. The van der Waals surface area contributed by atoms with Gasteiger partial charge in [-0.2, -0.15) is 5.43 Å². The van der Waals surface area contributed by atoms with Crippen molar-refractivity contribution in [3.63, 3.8) is 0 Å². The lowest BCUT2D eigenvalue weighted by atomic mass is 10.1. The first kappa shape index (κ1) is 10.2. The van der Waals surface area contributed by atoms with E-state index in [1.165, 1.54) is 0 Å². The van der Waals surface area contributed by atoms with Crippen molar-refractivity contribution in [2.24, 2.45) is 5.10 Å². The number of fused-ring (bicyclic) bond motifs is 1. The second-order valence-electron chi connectivity index (χ2n) is 3.59. The second-order valence-corrected chi connectivity index (χ2v) is 4.03. The van der Waals surface area contributed by atoms with E-state index in [2.05, 4.69) is 15.1 Å². The minimum absolute atomic E-state index is 0.716. The second kappa shape index (κ2) is 4.12. The maximum atomic E-state index is 5.24. The molecule has 82 valence electrons. The molecule has 0 spiro atoms. The number of quaternary nitrogens is 1. The van der Waals surface area contributed by atoms with Crippen LogP contribution in [0.15, 0.2) is 47.8 Å². The van der Waals surface area contributed by atoms with E-state index in [0.29, 0.717) is 4.99 Å². The lowest BCUT2D eigenvalue weighted by molar-refractivity contribution is -0.541. The van der Waals surface area contributed by atoms with Crippen molar-refractivity contribution in [3.05, 3.63) is 59.7 Å². The van der Waals surface area contributed by atoms with Crippen LogP contribution in [0.4, 0.5) is 0 Å². The van der Waals surface area contributed by atoms with Gasteiger partial charge in [-0.25, -0.2) is 0 Å². The van der Waals surface area contributed by atoms with Crippen molar-refractivity contribution >= 4 is 22.9 Å². The molecule has 0 bridgehead atoms. The molecule has 0 amide bonds. The first-order chi connectivity index (χ1) is 8.36. The molecule has 2 N–H and O–H groups in total. The van der Waals surface area contributed by atoms with Gasteiger partial charge in [0.2, 0.25) is 4.99 Å². The van der Waals surface area contributed by atoms with Gasteiger partial charge in [0.1, 0.15) is 5.69 Å². The highest BCUT2D eigenvalue weighted by Crippen LogP contribution is 2.12. The van der Waals surface area contributed by atoms with Crippen LogP contribution < -0.4 is 5.43 Å². The highest BCUT2D eigenvalue weighted by Gasteiger charge is 2.24. The molecule has 0 fully saturated rings. The summed E-state index contributed by atoms with van der Waals surface area (Å²) >= 11 is 5.24. The average molecular weight is 241 g/mol. The Bertz CT molecular complexity index is 607. The third kappa shape index (κ3) is 1.75. The van der Waals surface area contributed by atoms with E-state index in [0.717, 1.165) is 22.7 Å². The average Bonchev–Trinajstić information content (AvgIpc) is 2.41. The Balaban J connectivity index is 2.18. The third-order valence-electron chi connectivity index (χ3n) is 2.52. The first-order valence-electron chi connectivity index (χ1n) is 5.18. The summed E-state index contributed by atoms with van der Waals surface area (Å²) in [5.41, 5.74) is 5.02. The van der Waals surface area contributed by atoms with E-state index in [1.807, 2.05) is 30.3 Å². The Labute approximate surface area is 103 Å². The molecule has 0 aliphatic carbocycles. The molecule has 5 heteroatoms. The zero-order valence-electron chi connectivity index (χ0n) is 8.87. The predicted molar refractivity (Wildman–Crippen MR) is 67.7 cm³/mol. The van der Waals surface area contributed by atoms with Gasteiger partial charge in [-0.05, 0) is 36.5 Å². The fraction of sp³-hybridized carbons (Fsp3) is 0. The highest BCUT2D eigenvalue weighted by atomic mass is 32.1. The summed E-state index contributed by atoms with van der Waals surface area (Å²) in [5.74, 6) is 0. The minimum atomic E-state index is 0.716. The molecule has 0 radical (unpaired) electrons. The molecule has 1 aliphatic heterocycles. The summed E-state index contributed by atoms with van der Waals surface area (Å²) in [6.07, 6.45) is 3.48. The number of hydrogen-bond donors (Lipinski definition) is 1. The van der Waals surface area contributed by atoms with Crippen LogP contribution in [0.5, 0.6) is 0 Å². The van der Waals surface area contributed by atoms with Crippen LogP contribution in [0.2, 0.25) is 0 Å². The van der Waals surface area contributed by atoms with Gasteiger partial charge in [0, 0.05) is 12.4 Å². The summed E-state index contributed by atoms with van der Waals surface area (Å²) in [6, 6.07) is 9.56. The maximum absolute atomic E-state index is 5.24. The summed E-state index contributed by atoms with van der Waals surface area (Å²) in [7, 11) is 0. The normalized spacial score (nSPS) is 14.1. The molecule has 2 aromatic heterocycles. The molecule has 2 aromatic rings. The lowest BCUT2D eigenvalue weighted by Gasteiger charge is -2.12. The molecule has 1 aliphatic rings. The van der Waals surface area contributed by atoms with Gasteiger partial charge in [-0.3, -0.25) is 9.97 Å². The molecule has 0 saturated carbocycles. The molecule has 3 heterocycles. The molecule has 0 aromatic carbocycles. The van der Waals surface area contributed by atoms with Crippen LogP contribution >= 0.6 is 12.2 Å². The number of pyridine rings is 2. The van der Waals surface area contributed by atoms with Crippen molar-refractivity contribution in [2.45, 2.75) is 0 Å². The Kier molecular flexibility index (Phi) is 2.47. The van der Waals surface area contributed by atoms with Crippen LogP contribution in [-0.2, 0) is 0 Å². The van der Waals surface area contributed by atoms with Gasteiger partial charge in [-0.1, -0.05) is 11.2 Å². The summed E-state index contributed by atoms with van der Waals surface area (Å²) < 4.78 is 0. The zero-order valence-corrected chi connectivity index (χ0v) is 9.69. The maximum Gasteiger partial charge on any atom is 0.231 e. The van der Waals surface area contributed by atoms with Crippen LogP contribution in [0, 0.1) is 0 Å². The van der Waals surface area contributed by atoms with E-state index in [1.54, 1.807) is 17.8 Å². The number of thiocarbonyl (C=S) groups is 1. The van der Waals surface area contributed by atoms with Crippen LogP contribution in [-0.4, -0.2) is 20.7 Å². The van der Waals surface area contributed by atoms with Gasteiger partial charge < -0.3 is 0 Å². The summed E-state index contributed by atoms with van der Waals surface area (Å²) in [6.45, 7) is 0. The summed E-state index contributed by atoms with van der Waals surface area (Å²) in [4.78, 5) is 9.36. The third-order valence-corrected chi connectivity index (χ3v) is 2.84. The molecular formula is C12H9N4S+. The molecule has 17 heavy (non-hydrogen) atoms. The van der Waals surface area contributed by atoms with Crippen molar-refractivity contribution in [2.75, 3.05) is 0 Å². The molecule has 4 nitrogen and oxygen atoms in total. The molecular weight excluding hydrogens is 232 g/mol. The van der Waals surface area contributed by atoms with E-state index in [9.17, 15) is 0 Å². The SMILES string of the molecule is S=C1[NH2+]N=C(c2ccccn2)c2ncccc21. The van der Waals surface area contributed by atoms with Gasteiger partial charge in [-0.15, -0.1) is 0 Å². The molecule has 0 atom stereocenters. The minimum Gasteiger partial charge on any atom is -0.254 e. The smallest absolute Gasteiger partial charge is 0.231 e. The fourth-order valence-corrected chi connectivity index (χ4v) is 1.95. The Morgan fingerprint density at radius 1 is 1.00 bits per heavy atom. The van der Waals surface area contributed by atoms with E-state index < -0.39 is 0 Å². The topological polar surface area (TPSA) is 54.8 Å². The van der Waals surface area contributed by atoms with Crippen LogP contribution in [0.25, 0.3) is 0 Å². The summed E-state index contributed by atoms with van der Waals surface area (Å²) in [5, 5.41) is 4.35. The number of nitrogens with two attached hydrogens (primary N) is 1. The van der Waals surface area contributed by atoms with Crippen LogP contribution in [0.3, 0.4) is 0 Å². The van der Waals surface area contributed by atoms with E-state index in [4.69, 9.17) is 12.2 Å². The predicted octanol–water partition coefficient (Wildman–Crippen LogP) is 0.481. The van der Waals surface area contributed by atoms with Crippen molar-refractivity contribution in [1.82, 2.24) is 9.97 Å². The fourth-order valence-electron chi connectivity index (χ4n) is 1.74. The van der Waals surface area contributed by atoms with E-state index in [-0.39, 0.29) is 0 Å². The Morgan fingerprint density at radius 3 is 2.71 bits per heavy atom. The van der Waals surface area contributed by atoms with Gasteiger partial charge >= 0.3 is 0 Å². The number of hydrogen-bond acceptors (Lipinski definition) is 4. The van der Waals surface area contributed by atoms with Crippen molar-refractivity contribution in [1.29, 1.82) is 0 Å². The van der Waals surface area contributed by atoms with Gasteiger partial charge in [0.25, 0.3) is 0 Å². The number of rotatable bonds is 1. The van der Waals surface area contributed by atoms with Crippen molar-refractivity contribution < 1.29 is 5.43 Å². The Morgan fingerprint density at radius 2 is 1.88 bits per heavy atom. The first-order valence-corrected chi connectivity index (χ1v) is 5.59. The highest BCUT2D eigenvalue weighted by molar-refractivity contribution is 7.80. The molecule has 3 rings (SSSR count). The molecule has 0 unspecified atom stereocenters. The van der Waals surface area contributed by atoms with Crippen LogP contribution in [0.1, 0.15) is 17.0 Å². The standard InChI is InChI=1S/C12H8N4S/c17-12-8-4-3-7-14-10(8)11(15-16-12)9-5-1-2-6-13-9/h1-7H,(H,16,17)/p+1. The van der Waals surface area contributed by atoms with Gasteiger partial charge in [0.05, 0.1) is 11.3 Å². The largest absolute Gasteiger partial charge is 0.254 e. The number of aromatic nitrogens is 2. The van der Waals surface area contributed by atoms with E-state index >= 15 is 0 Å². The lowest BCUT2D eigenvalue weighted by Crippen LogP contribution is -2.83.